The monoisotopic (exact) mass is 469 g/mol. The Labute approximate surface area is 193 Å². The number of benzene rings is 2. The predicted octanol–water partition coefficient (Wildman–Crippen LogP) is 3.49. The normalized spacial score (nSPS) is 17.7. The first kappa shape index (κ1) is 22.3. The number of rotatable bonds is 4. The molecule has 34 heavy (non-hydrogen) atoms. The average molecular weight is 469 g/mol. The van der Waals surface area contributed by atoms with Crippen LogP contribution in [0.2, 0.25) is 0 Å². The smallest absolute Gasteiger partial charge is 0.378 e. The Morgan fingerprint density at radius 2 is 1.85 bits per heavy atom. The van der Waals surface area contributed by atoms with E-state index in [-0.39, 0.29) is 29.6 Å². The summed E-state index contributed by atoms with van der Waals surface area (Å²) in [5.74, 6) is -0.136. The van der Waals surface area contributed by atoms with E-state index in [4.69, 9.17) is 4.98 Å². The number of hydrogen-bond acceptors (Lipinski definition) is 4. The van der Waals surface area contributed by atoms with Gasteiger partial charge >= 0.3 is 6.18 Å². The number of H-pyrrole nitrogens is 1. The second kappa shape index (κ2) is 8.09. The molecular weight excluding hydrogens is 447 g/mol. The summed E-state index contributed by atoms with van der Waals surface area (Å²) in [5.41, 5.74) is 0.306. The van der Waals surface area contributed by atoms with Crippen molar-refractivity contribution >= 4 is 5.91 Å². The molecule has 1 amide bonds. The summed E-state index contributed by atoms with van der Waals surface area (Å²) in [7, 11) is 0. The SMILES string of the molecule is O=C([C@@H](O)c1cccc(C(F)(F)F)c1)N1CCc2nc(C3(c4ccccc4)CC3)[nH]c(=O)c2C1. The van der Waals surface area contributed by atoms with Crippen molar-refractivity contribution < 1.29 is 23.1 Å². The highest BCUT2D eigenvalue weighted by molar-refractivity contribution is 5.82. The van der Waals surface area contributed by atoms with E-state index < -0.39 is 23.8 Å². The molecule has 0 saturated heterocycles. The molecule has 2 aromatic carbocycles. The number of aliphatic hydroxyl groups is 1. The number of carbonyl (C=O) groups excluding carboxylic acids is 1. The third-order valence-electron chi connectivity index (χ3n) is 6.67. The van der Waals surface area contributed by atoms with Gasteiger partial charge in [-0.2, -0.15) is 13.2 Å². The molecule has 0 unspecified atom stereocenters. The Hall–Kier alpha value is -3.46. The van der Waals surface area contributed by atoms with Crippen molar-refractivity contribution in [3.63, 3.8) is 0 Å². The first-order chi connectivity index (χ1) is 16.2. The fourth-order valence-electron chi connectivity index (χ4n) is 4.58. The molecule has 0 spiro atoms. The minimum atomic E-state index is -4.59. The summed E-state index contributed by atoms with van der Waals surface area (Å²) < 4.78 is 39.0. The highest BCUT2D eigenvalue weighted by atomic mass is 19.4. The van der Waals surface area contributed by atoms with Gasteiger partial charge in [-0.3, -0.25) is 9.59 Å². The zero-order chi connectivity index (χ0) is 24.1. The quantitative estimate of drug-likeness (QED) is 0.613. The number of aliphatic hydroxyl groups excluding tert-OH is 1. The van der Waals surface area contributed by atoms with Gasteiger partial charge in [0.2, 0.25) is 0 Å². The Kier molecular flexibility index (Phi) is 5.31. The Bertz CT molecular complexity index is 1300. The minimum Gasteiger partial charge on any atom is -0.378 e. The van der Waals surface area contributed by atoms with Crippen LogP contribution in [0.5, 0.6) is 0 Å². The zero-order valence-electron chi connectivity index (χ0n) is 18.1. The molecule has 3 aromatic rings. The molecule has 1 aliphatic heterocycles. The molecule has 9 heteroatoms. The summed E-state index contributed by atoms with van der Waals surface area (Å²) in [5, 5.41) is 10.5. The molecule has 2 N–H and O–H groups in total. The van der Waals surface area contributed by atoms with Gasteiger partial charge in [-0.05, 0) is 36.1 Å². The fraction of sp³-hybridized carbons (Fsp3) is 0.320. The third kappa shape index (κ3) is 3.90. The zero-order valence-corrected chi connectivity index (χ0v) is 18.1. The van der Waals surface area contributed by atoms with Gasteiger partial charge in [0.1, 0.15) is 5.82 Å². The lowest BCUT2D eigenvalue weighted by atomic mass is 9.94. The average Bonchev–Trinajstić information content (AvgIpc) is 3.65. The van der Waals surface area contributed by atoms with Gasteiger partial charge in [0.15, 0.2) is 6.10 Å². The molecule has 1 fully saturated rings. The number of alkyl halides is 3. The minimum absolute atomic E-state index is 0.0643. The van der Waals surface area contributed by atoms with Crippen LogP contribution in [-0.4, -0.2) is 32.4 Å². The van der Waals surface area contributed by atoms with Crippen molar-refractivity contribution in [2.75, 3.05) is 6.54 Å². The number of fused-ring (bicyclic) bond motifs is 1. The maximum atomic E-state index is 13.0. The second-order valence-corrected chi connectivity index (χ2v) is 8.82. The van der Waals surface area contributed by atoms with Crippen molar-refractivity contribution in [1.82, 2.24) is 14.9 Å². The third-order valence-corrected chi connectivity index (χ3v) is 6.67. The van der Waals surface area contributed by atoms with Crippen LogP contribution < -0.4 is 5.56 Å². The molecule has 0 bridgehead atoms. The van der Waals surface area contributed by atoms with E-state index in [0.29, 0.717) is 23.5 Å². The van der Waals surface area contributed by atoms with Crippen molar-refractivity contribution in [3.8, 4) is 0 Å². The first-order valence-electron chi connectivity index (χ1n) is 11.0. The summed E-state index contributed by atoms with van der Waals surface area (Å²) in [4.78, 5) is 34.7. The van der Waals surface area contributed by atoms with Gasteiger partial charge in [0.05, 0.1) is 28.8 Å². The van der Waals surface area contributed by atoms with Crippen LogP contribution in [0.1, 0.15) is 52.7 Å². The van der Waals surface area contributed by atoms with E-state index in [1.807, 2.05) is 30.3 Å². The standard InChI is InChI=1S/C25H22F3N3O3/c26-25(27,28)17-8-4-5-15(13-17)20(32)22(34)31-12-9-19-18(14-31)21(33)30-23(29-19)24(10-11-24)16-6-2-1-3-7-16/h1-8,13,20,32H,9-12,14H2,(H,29,30,33)/t20-/m0/s1. The van der Waals surface area contributed by atoms with Crippen LogP contribution in [0.15, 0.2) is 59.4 Å². The first-order valence-corrected chi connectivity index (χ1v) is 11.0. The lowest BCUT2D eigenvalue weighted by molar-refractivity contribution is -0.142. The van der Waals surface area contributed by atoms with Crippen LogP contribution in [0.25, 0.3) is 0 Å². The molecule has 1 saturated carbocycles. The fourth-order valence-corrected chi connectivity index (χ4v) is 4.58. The van der Waals surface area contributed by atoms with Gasteiger partial charge in [-0.1, -0.05) is 42.5 Å². The predicted molar refractivity (Wildman–Crippen MR) is 117 cm³/mol. The Morgan fingerprint density at radius 3 is 2.53 bits per heavy atom. The molecule has 1 aliphatic carbocycles. The lowest BCUT2D eigenvalue weighted by Gasteiger charge is -2.30. The van der Waals surface area contributed by atoms with E-state index in [1.54, 1.807) is 0 Å². The number of hydrogen-bond donors (Lipinski definition) is 2. The number of halogens is 3. The van der Waals surface area contributed by atoms with Crippen LogP contribution in [-0.2, 0) is 29.4 Å². The van der Waals surface area contributed by atoms with Crippen LogP contribution >= 0.6 is 0 Å². The van der Waals surface area contributed by atoms with Crippen LogP contribution in [0, 0.1) is 0 Å². The van der Waals surface area contributed by atoms with Gasteiger partial charge in [0.25, 0.3) is 11.5 Å². The number of nitrogens with one attached hydrogen (secondary N) is 1. The molecule has 5 rings (SSSR count). The molecule has 1 atom stereocenters. The molecule has 176 valence electrons. The van der Waals surface area contributed by atoms with Gasteiger partial charge < -0.3 is 15.0 Å². The molecular formula is C25H22F3N3O3. The number of aromatic amines is 1. The van der Waals surface area contributed by atoms with Gasteiger partial charge in [0, 0.05) is 13.0 Å². The van der Waals surface area contributed by atoms with Crippen LogP contribution in [0.3, 0.4) is 0 Å². The van der Waals surface area contributed by atoms with Crippen molar-refractivity contribution in [1.29, 1.82) is 0 Å². The number of nitrogens with zero attached hydrogens (tertiary/aromatic N) is 2. The van der Waals surface area contributed by atoms with Crippen molar-refractivity contribution in [2.24, 2.45) is 0 Å². The number of aromatic nitrogens is 2. The number of amides is 1. The van der Waals surface area contributed by atoms with E-state index in [0.717, 1.165) is 36.6 Å². The van der Waals surface area contributed by atoms with E-state index in [1.165, 1.54) is 11.0 Å². The Morgan fingerprint density at radius 1 is 1.12 bits per heavy atom. The van der Waals surface area contributed by atoms with E-state index in [9.17, 15) is 27.9 Å². The van der Waals surface area contributed by atoms with Crippen molar-refractivity contribution in [3.05, 3.63) is 98.7 Å². The largest absolute Gasteiger partial charge is 0.416 e. The van der Waals surface area contributed by atoms with E-state index >= 15 is 0 Å². The lowest BCUT2D eigenvalue weighted by Crippen LogP contribution is -2.42. The highest BCUT2D eigenvalue weighted by Crippen LogP contribution is 2.51. The number of carbonyl (C=O) groups is 1. The summed E-state index contributed by atoms with van der Waals surface area (Å²) in [6, 6.07) is 13.9. The molecule has 2 aliphatic rings. The summed E-state index contributed by atoms with van der Waals surface area (Å²) in [6.07, 6.45) is -4.27. The topological polar surface area (TPSA) is 86.3 Å². The van der Waals surface area contributed by atoms with E-state index in [2.05, 4.69) is 4.98 Å². The highest BCUT2D eigenvalue weighted by Gasteiger charge is 2.48. The maximum absolute atomic E-state index is 13.0. The van der Waals surface area contributed by atoms with Crippen LogP contribution in [0.4, 0.5) is 13.2 Å². The van der Waals surface area contributed by atoms with Crippen molar-refractivity contribution in [2.45, 2.75) is 43.5 Å². The second-order valence-electron chi connectivity index (χ2n) is 8.82. The maximum Gasteiger partial charge on any atom is 0.416 e. The molecule has 1 aromatic heterocycles. The van der Waals surface area contributed by atoms with Gasteiger partial charge in [-0.15, -0.1) is 0 Å². The molecule has 6 nitrogen and oxygen atoms in total. The molecule has 2 heterocycles. The van der Waals surface area contributed by atoms with Gasteiger partial charge in [-0.25, -0.2) is 4.98 Å². The molecule has 0 radical (unpaired) electrons. The summed E-state index contributed by atoms with van der Waals surface area (Å²) in [6.45, 7) is 0.140. The summed E-state index contributed by atoms with van der Waals surface area (Å²) >= 11 is 0. The Balaban J connectivity index is 1.38.